The Hall–Kier alpha value is -4.34. The first-order valence-corrected chi connectivity index (χ1v) is 10.3. The van der Waals surface area contributed by atoms with Crippen molar-refractivity contribution in [2.75, 3.05) is 22.1 Å². The van der Waals surface area contributed by atoms with E-state index in [0.29, 0.717) is 36.4 Å². The SMILES string of the molecule is Nc1nc(CCCCc2nc(N)nc(Nc3ccccc3)n2)nc(Nc2ccccc2)n1. The molecule has 0 spiro atoms. The van der Waals surface area contributed by atoms with E-state index < -0.39 is 0 Å². The first-order chi connectivity index (χ1) is 15.6. The molecule has 0 atom stereocenters. The number of benzene rings is 2. The summed E-state index contributed by atoms with van der Waals surface area (Å²) < 4.78 is 0. The molecule has 2 aromatic heterocycles. The molecule has 0 saturated heterocycles. The van der Waals surface area contributed by atoms with Crippen molar-refractivity contribution in [2.24, 2.45) is 0 Å². The maximum atomic E-state index is 5.85. The van der Waals surface area contributed by atoms with Crippen LogP contribution in [-0.4, -0.2) is 29.9 Å². The molecule has 0 bridgehead atoms. The number of unbranched alkanes of at least 4 members (excludes halogenated alkanes) is 1. The van der Waals surface area contributed by atoms with Crippen LogP contribution in [0.5, 0.6) is 0 Å². The lowest BCUT2D eigenvalue weighted by molar-refractivity contribution is 0.684. The highest BCUT2D eigenvalue weighted by Gasteiger charge is 2.08. The van der Waals surface area contributed by atoms with Crippen molar-refractivity contribution in [1.82, 2.24) is 29.9 Å². The summed E-state index contributed by atoms with van der Waals surface area (Å²) in [5.41, 5.74) is 13.5. The Morgan fingerprint density at radius 1 is 0.531 bits per heavy atom. The second-order valence-corrected chi connectivity index (χ2v) is 7.06. The maximum Gasteiger partial charge on any atom is 0.232 e. The second kappa shape index (κ2) is 10.1. The average Bonchev–Trinajstić information content (AvgIpc) is 2.77. The van der Waals surface area contributed by atoms with Gasteiger partial charge in [-0.05, 0) is 37.1 Å². The van der Waals surface area contributed by atoms with Crippen LogP contribution in [0, 0.1) is 0 Å². The average molecular weight is 429 g/mol. The van der Waals surface area contributed by atoms with Gasteiger partial charge in [-0.1, -0.05) is 36.4 Å². The summed E-state index contributed by atoms with van der Waals surface area (Å²) in [4.78, 5) is 25.7. The van der Waals surface area contributed by atoms with E-state index in [1.165, 1.54) is 0 Å². The minimum atomic E-state index is 0.190. The first-order valence-electron chi connectivity index (χ1n) is 10.3. The number of hydrogen-bond donors (Lipinski definition) is 4. The molecule has 6 N–H and O–H groups in total. The summed E-state index contributed by atoms with van der Waals surface area (Å²) in [6, 6.07) is 19.3. The molecule has 4 rings (SSSR count). The van der Waals surface area contributed by atoms with Crippen molar-refractivity contribution in [3.8, 4) is 0 Å². The summed E-state index contributed by atoms with van der Waals surface area (Å²) in [6.45, 7) is 0. The van der Waals surface area contributed by atoms with Crippen LogP contribution in [0.1, 0.15) is 24.5 Å². The minimum absolute atomic E-state index is 0.190. The third-order valence-electron chi connectivity index (χ3n) is 4.51. The quantitative estimate of drug-likeness (QED) is 0.292. The zero-order valence-corrected chi connectivity index (χ0v) is 17.4. The molecule has 0 aliphatic heterocycles. The number of aryl methyl sites for hydroxylation is 2. The third-order valence-corrected chi connectivity index (χ3v) is 4.51. The Bertz CT molecular complexity index is 1060. The number of nitrogen functional groups attached to an aromatic ring is 2. The van der Waals surface area contributed by atoms with E-state index in [1.54, 1.807) is 0 Å². The largest absolute Gasteiger partial charge is 0.368 e. The standard InChI is InChI=1S/C22H24N10/c23-19-27-17(29-21(31-19)25-15-9-3-1-4-10-15)13-7-8-14-18-28-20(24)32-22(30-18)26-16-11-5-2-6-12-16/h1-6,9-12H,7-8,13-14H2,(H3,23,25,27,29,31)(H3,24,26,28,30,32). The van der Waals surface area contributed by atoms with Gasteiger partial charge in [-0.3, -0.25) is 0 Å². The fourth-order valence-corrected chi connectivity index (χ4v) is 3.08. The third kappa shape index (κ3) is 6.08. The molecule has 0 radical (unpaired) electrons. The molecule has 2 aromatic carbocycles. The molecule has 162 valence electrons. The molecule has 10 nitrogen and oxygen atoms in total. The van der Waals surface area contributed by atoms with Crippen LogP contribution < -0.4 is 22.1 Å². The van der Waals surface area contributed by atoms with Crippen molar-refractivity contribution in [2.45, 2.75) is 25.7 Å². The first kappa shape index (κ1) is 20.9. The molecular formula is C22H24N10. The smallest absolute Gasteiger partial charge is 0.232 e. The van der Waals surface area contributed by atoms with Gasteiger partial charge < -0.3 is 22.1 Å². The fraction of sp³-hybridized carbons (Fsp3) is 0.182. The van der Waals surface area contributed by atoms with E-state index >= 15 is 0 Å². The van der Waals surface area contributed by atoms with Crippen LogP contribution in [0.4, 0.5) is 35.2 Å². The summed E-state index contributed by atoms with van der Waals surface area (Å²) >= 11 is 0. The van der Waals surface area contributed by atoms with Gasteiger partial charge >= 0.3 is 0 Å². The number of rotatable bonds is 9. The van der Waals surface area contributed by atoms with Gasteiger partial charge in [0.2, 0.25) is 23.8 Å². The topological polar surface area (TPSA) is 153 Å². The van der Waals surface area contributed by atoms with Gasteiger partial charge in [0, 0.05) is 24.2 Å². The van der Waals surface area contributed by atoms with E-state index in [1.807, 2.05) is 60.7 Å². The molecule has 0 aliphatic rings. The number of aromatic nitrogens is 6. The molecule has 4 aromatic rings. The van der Waals surface area contributed by atoms with E-state index in [-0.39, 0.29) is 11.9 Å². The Morgan fingerprint density at radius 2 is 0.938 bits per heavy atom. The molecular weight excluding hydrogens is 404 g/mol. The lowest BCUT2D eigenvalue weighted by atomic mass is 10.2. The lowest BCUT2D eigenvalue weighted by Crippen LogP contribution is -2.08. The Labute approximate surface area is 185 Å². The zero-order chi connectivity index (χ0) is 22.2. The highest BCUT2D eigenvalue weighted by atomic mass is 15.2. The highest BCUT2D eigenvalue weighted by molar-refractivity contribution is 5.54. The molecule has 0 unspecified atom stereocenters. The molecule has 32 heavy (non-hydrogen) atoms. The van der Waals surface area contributed by atoms with Crippen molar-refractivity contribution >= 4 is 35.2 Å². The van der Waals surface area contributed by atoms with Crippen molar-refractivity contribution < 1.29 is 0 Å². The number of anilines is 6. The van der Waals surface area contributed by atoms with Crippen LogP contribution in [0.15, 0.2) is 60.7 Å². The van der Waals surface area contributed by atoms with Crippen LogP contribution in [0.3, 0.4) is 0 Å². The molecule has 0 aliphatic carbocycles. The van der Waals surface area contributed by atoms with Crippen molar-refractivity contribution in [1.29, 1.82) is 0 Å². The molecule has 0 saturated carbocycles. The normalized spacial score (nSPS) is 10.6. The van der Waals surface area contributed by atoms with Crippen LogP contribution in [0.2, 0.25) is 0 Å². The van der Waals surface area contributed by atoms with Gasteiger partial charge in [0.05, 0.1) is 0 Å². The number of para-hydroxylation sites is 2. The zero-order valence-electron chi connectivity index (χ0n) is 17.4. The van der Waals surface area contributed by atoms with Crippen molar-refractivity contribution in [3.63, 3.8) is 0 Å². The highest BCUT2D eigenvalue weighted by Crippen LogP contribution is 2.15. The summed E-state index contributed by atoms with van der Waals surface area (Å²) in [7, 11) is 0. The van der Waals surface area contributed by atoms with Crippen LogP contribution >= 0.6 is 0 Å². The minimum Gasteiger partial charge on any atom is -0.368 e. The molecule has 10 heteroatoms. The van der Waals surface area contributed by atoms with Crippen LogP contribution in [-0.2, 0) is 12.8 Å². The van der Waals surface area contributed by atoms with Gasteiger partial charge in [0.25, 0.3) is 0 Å². The summed E-state index contributed by atoms with van der Waals surface area (Å²) in [6.07, 6.45) is 2.99. The number of nitrogens with zero attached hydrogens (tertiary/aromatic N) is 6. The van der Waals surface area contributed by atoms with Gasteiger partial charge in [-0.2, -0.15) is 29.9 Å². The number of hydrogen-bond acceptors (Lipinski definition) is 10. The molecule has 2 heterocycles. The Kier molecular flexibility index (Phi) is 6.61. The Balaban J connectivity index is 1.32. The monoisotopic (exact) mass is 428 g/mol. The molecule has 0 amide bonds. The molecule has 0 fully saturated rings. The lowest BCUT2D eigenvalue weighted by Gasteiger charge is -2.08. The number of nitrogens with two attached hydrogens (primary N) is 2. The predicted octanol–water partition coefficient (Wildman–Crippen LogP) is 3.27. The van der Waals surface area contributed by atoms with Crippen molar-refractivity contribution in [3.05, 3.63) is 72.3 Å². The second-order valence-electron chi connectivity index (χ2n) is 7.06. The van der Waals surface area contributed by atoms with Gasteiger partial charge in [0.1, 0.15) is 11.6 Å². The Morgan fingerprint density at radius 3 is 1.34 bits per heavy atom. The fourth-order valence-electron chi connectivity index (χ4n) is 3.08. The summed E-state index contributed by atoms with van der Waals surface area (Å²) in [5, 5.41) is 6.29. The van der Waals surface area contributed by atoms with E-state index in [9.17, 15) is 0 Å². The van der Waals surface area contributed by atoms with Crippen LogP contribution in [0.25, 0.3) is 0 Å². The number of nitrogens with one attached hydrogen (secondary N) is 2. The van der Waals surface area contributed by atoms with E-state index in [0.717, 1.165) is 24.2 Å². The van der Waals surface area contributed by atoms with E-state index in [4.69, 9.17) is 11.5 Å². The maximum absolute atomic E-state index is 5.85. The van der Waals surface area contributed by atoms with Gasteiger partial charge in [-0.25, -0.2) is 0 Å². The van der Waals surface area contributed by atoms with Gasteiger partial charge in [0.15, 0.2) is 0 Å². The predicted molar refractivity (Wildman–Crippen MR) is 125 cm³/mol. The van der Waals surface area contributed by atoms with E-state index in [2.05, 4.69) is 40.5 Å². The summed E-state index contributed by atoms with van der Waals surface area (Å²) in [5.74, 6) is 2.52. The van der Waals surface area contributed by atoms with Gasteiger partial charge in [-0.15, -0.1) is 0 Å².